The van der Waals surface area contributed by atoms with Crippen LogP contribution in [0.4, 0.5) is 0 Å². The molecule has 1 fully saturated rings. The van der Waals surface area contributed by atoms with E-state index in [1.165, 1.54) is 0 Å². The van der Waals surface area contributed by atoms with Gasteiger partial charge in [0.15, 0.2) is 0 Å². The molecule has 0 radical (unpaired) electrons. The average Bonchev–Trinajstić information content (AvgIpc) is 2.37. The minimum absolute atomic E-state index is 0.329. The number of nitrogens with one attached hydrogen (secondary N) is 1. The van der Waals surface area contributed by atoms with E-state index >= 15 is 0 Å². The van der Waals surface area contributed by atoms with Gasteiger partial charge >= 0.3 is 0 Å². The van der Waals surface area contributed by atoms with Crippen LogP contribution in [0.15, 0.2) is 0 Å². The van der Waals surface area contributed by atoms with Gasteiger partial charge in [0.2, 0.25) is 0 Å². The fourth-order valence-corrected chi connectivity index (χ4v) is 1.22. The molecule has 0 aliphatic carbocycles. The van der Waals surface area contributed by atoms with Gasteiger partial charge in [-0.3, -0.25) is 4.79 Å². The Kier molecular flexibility index (Phi) is 2.22. The summed E-state index contributed by atoms with van der Waals surface area (Å²) in [6, 6.07) is 0. The van der Waals surface area contributed by atoms with Crippen molar-refractivity contribution in [2.75, 3.05) is 13.1 Å². The lowest BCUT2D eigenvalue weighted by molar-refractivity contribution is -0.121. The maximum Gasteiger partial charge on any atom is 0.137 e. The van der Waals surface area contributed by atoms with E-state index in [-0.39, 0.29) is 0 Å². The Morgan fingerprint density at radius 3 is 3.00 bits per heavy atom. The molecule has 1 rings (SSSR count). The van der Waals surface area contributed by atoms with Crippen LogP contribution in [0, 0.1) is 5.92 Å². The molecule has 52 valence electrons. The van der Waals surface area contributed by atoms with E-state index in [0.29, 0.717) is 18.1 Å². The maximum absolute atomic E-state index is 11.0. The molecule has 1 saturated heterocycles. The molecule has 0 bridgehead atoms. The molecule has 0 spiro atoms. The standard InChI is InChI=1S/C7H13NO/c1-2-7(9)6-3-4-8-5-6/h6,8H,2-5H2,1H3. The van der Waals surface area contributed by atoms with Crippen LogP contribution in [0.2, 0.25) is 0 Å². The molecule has 1 aliphatic rings. The van der Waals surface area contributed by atoms with Crippen LogP contribution in [0.3, 0.4) is 0 Å². The average molecular weight is 127 g/mol. The lowest BCUT2D eigenvalue weighted by Gasteiger charge is -2.02. The van der Waals surface area contributed by atoms with E-state index in [0.717, 1.165) is 19.5 Å². The molecular weight excluding hydrogens is 114 g/mol. The predicted octanol–water partition coefficient (Wildman–Crippen LogP) is 0.575. The first-order valence-electron chi connectivity index (χ1n) is 3.58. The molecule has 0 aromatic heterocycles. The molecule has 0 amide bonds. The zero-order valence-electron chi connectivity index (χ0n) is 5.81. The summed E-state index contributed by atoms with van der Waals surface area (Å²) < 4.78 is 0. The molecule has 0 saturated carbocycles. The van der Waals surface area contributed by atoms with Gasteiger partial charge in [0, 0.05) is 18.9 Å². The summed E-state index contributed by atoms with van der Waals surface area (Å²) >= 11 is 0. The third-order valence-electron chi connectivity index (χ3n) is 1.86. The summed E-state index contributed by atoms with van der Waals surface area (Å²) in [4.78, 5) is 11.0. The normalized spacial score (nSPS) is 26.6. The lowest BCUT2D eigenvalue weighted by Crippen LogP contribution is -2.16. The summed E-state index contributed by atoms with van der Waals surface area (Å²) in [6.07, 6.45) is 1.75. The highest BCUT2D eigenvalue weighted by Gasteiger charge is 2.19. The van der Waals surface area contributed by atoms with E-state index in [1.807, 2.05) is 6.92 Å². The Morgan fingerprint density at radius 2 is 2.56 bits per heavy atom. The fraction of sp³-hybridized carbons (Fsp3) is 0.857. The van der Waals surface area contributed by atoms with Gasteiger partial charge in [0.05, 0.1) is 0 Å². The number of Topliss-reactive ketones (excluding diaryl/α,β-unsaturated/α-hetero) is 1. The van der Waals surface area contributed by atoms with Gasteiger partial charge in [0.25, 0.3) is 0 Å². The molecule has 1 unspecified atom stereocenters. The smallest absolute Gasteiger partial charge is 0.137 e. The molecule has 1 aliphatic heterocycles. The Balaban J connectivity index is 2.32. The van der Waals surface area contributed by atoms with Crippen molar-refractivity contribution in [3.8, 4) is 0 Å². The lowest BCUT2D eigenvalue weighted by atomic mass is 10.0. The van der Waals surface area contributed by atoms with Gasteiger partial charge in [-0.25, -0.2) is 0 Å². The van der Waals surface area contributed by atoms with Crippen LogP contribution in [0.5, 0.6) is 0 Å². The second kappa shape index (κ2) is 2.97. The minimum atomic E-state index is 0.329. The first kappa shape index (κ1) is 6.75. The number of hydrogen-bond donors (Lipinski definition) is 1. The molecule has 1 heterocycles. The van der Waals surface area contributed by atoms with E-state index in [1.54, 1.807) is 0 Å². The van der Waals surface area contributed by atoms with E-state index in [9.17, 15) is 4.79 Å². The van der Waals surface area contributed by atoms with E-state index < -0.39 is 0 Å². The molecule has 2 heteroatoms. The van der Waals surface area contributed by atoms with Crippen LogP contribution in [-0.2, 0) is 4.79 Å². The molecule has 9 heavy (non-hydrogen) atoms. The van der Waals surface area contributed by atoms with E-state index in [2.05, 4.69) is 5.32 Å². The summed E-state index contributed by atoms with van der Waals surface area (Å²) in [6.45, 7) is 3.86. The number of carbonyl (C=O) groups excluding carboxylic acids is 1. The third kappa shape index (κ3) is 1.52. The second-order valence-corrected chi connectivity index (χ2v) is 2.51. The van der Waals surface area contributed by atoms with Gasteiger partial charge in [-0.15, -0.1) is 0 Å². The molecule has 0 aromatic carbocycles. The van der Waals surface area contributed by atoms with Crippen LogP contribution in [0.1, 0.15) is 19.8 Å². The molecule has 1 N–H and O–H groups in total. The quantitative estimate of drug-likeness (QED) is 0.587. The van der Waals surface area contributed by atoms with Crippen molar-refractivity contribution >= 4 is 5.78 Å². The van der Waals surface area contributed by atoms with Crippen LogP contribution in [0.25, 0.3) is 0 Å². The number of hydrogen-bond acceptors (Lipinski definition) is 2. The van der Waals surface area contributed by atoms with Crippen molar-refractivity contribution in [3.05, 3.63) is 0 Å². The second-order valence-electron chi connectivity index (χ2n) is 2.51. The molecular formula is C7H13NO. The number of carbonyl (C=O) groups is 1. The van der Waals surface area contributed by atoms with Crippen molar-refractivity contribution in [2.45, 2.75) is 19.8 Å². The highest BCUT2D eigenvalue weighted by Crippen LogP contribution is 2.09. The summed E-state index contributed by atoms with van der Waals surface area (Å²) in [5.41, 5.74) is 0. The predicted molar refractivity (Wildman–Crippen MR) is 36.3 cm³/mol. The van der Waals surface area contributed by atoms with Crippen molar-refractivity contribution < 1.29 is 4.79 Å². The highest BCUT2D eigenvalue weighted by molar-refractivity contribution is 5.81. The number of ketones is 1. The Hall–Kier alpha value is -0.370. The van der Waals surface area contributed by atoms with E-state index in [4.69, 9.17) is 0 Å². The van der Waals surface area contributed by atoms with Crippen LogP contribution in [-0.4, -0.2) is 18.9 Å². The Labute approximate surface area is 55.6 Å². The molecule has 1 atom stereocenters. The van der Waals surface area contributed by atoms with Gasteiger partial charge < -0.3 is 5.32 Å². The van der Waals surface area contributed by atoms with Crippen molar-refractivity contribution in [1.29, 1.82) is 0 Å². The zero-order chi connectivity index (χ0) is 6.69. The van der Waals surface area contributed by atoms with Crippen LogP contribution >= 0.6 is 0 Å². The monoisotopic (exact) mass is 127 g/mol. The zero-order valence-corrected chi connectivity index (χ0v) is 5.81. The summed E-state index contributed by atoms with van der Waals surface area (Å²) in [7, 11) is 0. The number of rotatable bonds is 2. The first-order chi connectivity index (χ1) is 4.34. The highest BCUT2D eigenvalue weighted by atomic mass is 16.1. The first-order valence-corrected chi connectivity index (χ1v) is 3.58. The Morgan fingerprint density at radius 1 is 1.78 bits per heavy atom. The largest absolute Gasteiger partial charge is 0.316 e. The van der Waals surface area contributed by atoms with Gasteiger partial charge in [0.1, 0.15) is 5.78 Å². The molecule has 0 aromatic rings. The minimum Gasteiger partial charge on any atom is -0.316 e. The van der Waals surface area contributed by atoms with Crippen molar-refractivity contribution in [3.63, 3.8) is 0 Å². The Bertz CT molecular complexity index is 105. The van der Waals surface area contributed by atoms with Crippen LogP contribution < -0.4 is 5.32 Å². The third-order valence-corrected chi connectivity index (χ3v) is 1.86. The summed E-state index contributed by atoms with van der Waals surface area (Å²) in [5.74, 6) is 0.745. The molecule has 2 nitrogen and oxygen atoms in total. The SMILES string of the molecule is CCC(=O)C1CCNC1. The van der Waals surface area contributed by atoms with Gasteiger partial charge in [-0.1, -0.05) is 6.92 Å². The summed E-state index contributed by atoms with van der Waals surface area (Å²) in [5, 5.41) is 3.17. The van der Waals surface area contributed by atoms with Gasteiger partial charge in [-0.05, 0) is 13.0 Å². The van der Waals surface area contributed by atoms with Crippen molar-refractivity contribution in [1.82, 2.24) is 5.32 Å². The fourth-order valence-electron chi connectivity index (χ4n) is 1.22. The van der Waals surface area contributed by atoms with Gasteiger partial charge in [-0.2, -0.15) is 0 Å². The topological polar surface area (TPSA) is 29.1 Å². The maximum atomic E-state index is 11.0. The van der Waals surface area contributed by atoms with Crippen molar-refractivity contribution in [2.24, 2.45) is 5.92 Å².